The van der Waals surface area contributed by atoms with Gasteiger partial charge in [-0.3, -0.25) is 4.79 Å². The minimum Gasteiger partial charge on any atom is -0.490 e. The molecule has 0 saturated heterocycles. The van der Waals surface area contributed by atoms with Gasteiger partial charge >= 0.3 is 0 Å². The van der Waals surface area contributed by atoms with E-state index in [1.807, 2.05) is 48.5 Å². The zero-order valence-corrected chi connectivity index (χ0v) is 20.1. The van der Waals surface area contributed by atoms with Crippen LogP contribution in [0.1, 0.15) is 26.3 Å². The van der Waals surface area contributed by atoms with Gasteiger partial charge in [-0.1, -0.05) is 45.0 Å². The zero-order valence-electron chi connectivity index (χ0n) is 18.6. The van der Waals surface area contributed by atoms with E-state index in [1.54, 1.807) is 24.3 Å². The molecule has 0 atom stereocenters. The van der Waals surface area contributed by atoms with Gasteiger partial charge in [-0.2, -0.15) is 0 Å². The first-order valence-electron chi connectivity index (χ1n) is 10.4. The van der Waals surface area contributed by atoms with Crippen LogP contribution in [0.4, 0.5) is 5.69 Å². The third-order valence-electron chi connectivity index (χ3n) is 4.66. The zero-order chi connectivity index (χ0) is 23.0. The van der Waals surface area contributed by atoms with Gasteiger partial charge < -0.3 is 19.5 Å². The molecule has 0 spiro atoms. The lowest BCUT2D eigenvalue weighted by molar-refractivity contribution is -0.118. The Bertz CT molecular complexity index is 1010. The van der Waals surface area contributed by atoms with E-state index in [9.17, 15) is 4.79 Å². The van der Waals surface area contributed by atoms with E-state index in [0.29, 0.717) is 30.4 Å². The van der Waals surface area contributed by atoms with Crippen molar-refractivity contribution in [2.45, 2.75) is 26.2 Å². The van der Waals surface area contributed by atoms with Crippen molar-refractivity contribution < 1.29 is 19.0 Å². The summed E-state index contributed by atoms with van der Waals surface area (Å²) in [6.07, 6.45) is 0. The molecule has 0 unspecified atom stereocenters. The number of para-hydroxylation sites is 1. The summed E-state index contributed by atoms with van der Waals surface area (Å²) in [6, 6.07) is 22.7. The van der Waals surface area contributed by atoms with Crippen molar-refractivity contribution >= 4 is 27.5 Å². The number of benzene rings is 3. The fourth-order valence-corrected chi connectivity index (χ4v) is 3.39. The highest BCUT2D eigenvalue weighted by Crippen LogP contribution is 2.31. The van der Waals surface area contributed by atoms with E-state index in [1.165, 1.54) is 5.56 Å². The minimum absolute atomic E-state index is 0.0449. The Labute approximate surface area is 197 Å². The Morgan fingerprint density at radius 2 is 1.47 bits per heavy atom. The van der Waals surface area contributed by atoms with Gasteiger partial charge in [0.2, 0.25) is 0 Å². The Morgan fingerprint density at radius 3 is 2.06 bits per heavy atom. The number of anilines is 1. The van der Waals surface area contributed by atoms with E-state index in [2.05, 4.69) is 42.0 Å². The van der Waals surface area contributed by atoms with Crippen LogP contribution in [0.15, 0.2) is 77.3 Å². The van der Waals surface area contributed by atoms with Crippen LogP contribution < -0.4 is 19.5 Å². The predicted octanol–water partition coefficient (Wildman–Crippen LogP) is 6.22. The molecule has 3 aromatic rings. The molecule has 32 heavy (non-hydrogen) atoms. The van der Waals surface area contributed by atoms with Crippen LogP contribution in [0, 0.1) is 0 Å². The monoisotopic (exact) mass is 497 g/mol. The van der Waals surface area contributed by atoms with Gasteiger partial charge in [0.1, 0.15) is 30.5 Å². The first kappa shape index (κ1) is 23.7. The van der Waals surface area contributed by atoms with Gasteiger partial charge in [0.05, 0.1) is 4.47 Å². The van der Waals surface area contributed by atoms with E-state index in [0.717, 1.165) is 10.2 Å². The molecule has 0 fully saturated rings. The van der Waals surface area contributed by atoms with Crippen molar-refractivity contribution in [1.82, 2.24) is 0 Å². The van der Waals surface area contributed by atoms with Crippen molar-refractivity contribution in [2.75, 3.05) is 25.1 Å². The second kappa shape index (κ2) is 11.0. The van der Waals surface area contributed by atoms with Crippen molar-refractivity contribution in [3.05, 3.63) is 82.8 Å². The molecule has 168 valence electrons. The molecule has 0 aliphatic carbocycles. The standard InChI is InChI=1S/C26H28BrNO4/c1-26(2,3)19-9-14-24(23(27)17-19)32-18-25(29)28-20-10-12-22(13-11-20)31-16-15-30-21-7-5-4-6-8-21/h4-14,17H,15-16,18H2,1-3H3,(H,28,29). The van der Waals surface area contributed by atoms with Crippen LogP contribution in [0.5, 0.6) is 17.2 Å². The quantitative estimate of drug-likeness (QED) is 0.356. The maximum absolute atomic E-state index is 12.3. The Hall–Kier alpha value is -2.99. The molecule has 1 N–H and O–H groups in total. The molecule has 6 heteroatoms. The number of amides is 1. The normalized spacial score (nSPS) is 11.0. The summed E-state index contributed by atoms with van der Waals surface area (Å²) in [5.41, 5.74) is 1.91. The molecule has 5 nitrogen and oxygen atoms in total. The smallest absolute Gasteiger partial charge is 0.262 e. The topological polar surface area (TPSA) is 56.8 Å². The lowest BCUT2D eigenvalue weighted by Crippen LogP contribution is -2.20. The van der Waals surface area contributed by atoms with Gasteiger partial charge in [-0.25, -0.2) is 0 Å². The molecule has 0 heterocycles. The molecule has 0 bridgehead atoms. The van der Waals surface area contributed by atoms with Crippen LogP contribution in [0.25, 0.3) is 0 Å². The van der Waals surface area contributed by atoms with Gasteiger partial charge in [-0.05, 0) is 75.4 Å². The molecule has 3 aromatic carbocycles. The van der Waals surface area contributed by atoms with Crippen molar-refractivity contribution in [3.63, 3.8) is 0 Å². The third kappa shape index (κ3) is 7.31. The first-order chi connectivity index (χ1) is 15.3. The van der Waals surface area contributed by atoms with Gasteiger partial charge in [-0.15, -0.1) is 0 Å². The maximum Gasteiger partial charge on any atom is 0.262 e. The van der Waals surface area contributed by atoms with Crippen LogP contribution >= 0.6 is 15.9 Å². The highest BCUT2D eigenvalue weighted by atomic mass is 79.9. The fourth-order valence-electron chi connectivity index (χ4n) is 2.90. The number of hydrogen-bond acceptors (Lipinski definition) is 4. The highest BCUT2D eigenvalue weighted by Gasteiger charge is 2.15. The summed E-state index contributed by atoms with van der Waals surface area (Å²) < 4.78 is 17.8. The largest absolute Gasteiger partial charge is 0.490 e. The van der Waals surface area contributed by atoms with Crippen LogP contribution in [0.3, 0.4) is 0 Å². The highest BCUT2D eigenvalue weighted by molar-refractivity contribution is 9.10. The molecule has 3 rings (SSSR count). The summed E-state index contributed by atoms with van der Waals surface area (Å²) in [5.74, 6) is 1.92. The van der Waals surface area contributed by atoms with E-state index in [-0.39, 0.29) is 17.9 Å². The fraction of sp³-hybridized carbons (Fsp3) is 0.269. The Morgan fingerprint density at radius 1 is 0.844 bits per heavy atom. The summed E-state index contributed by atoms with van der Waals surface area (Å²) in [5, 5.41) is 2.82. The molecule has 0 aliphatic heterocycles. The molecule has 1 amide bonds. The molecule has 0 aliphatic rings. The van der Waals surface area contributed by atoms with Crippen molar-refractivity contribution in [2.24, 2.45) is 0 Å². The maximum atomic E-state index is 12.3. The van der Waals surface area contributed by atoms with Crippen LogP contribution in [-0.4, -0.2) is 25.7 Å². The van der Waals surface area contributed by atoms with Gasteiger partial charge in [0.25, 0.3) is 5.91 Å². The molecule has 0 saturated carbocycles. The lowest BCUT2D eigenvalue weighted by Gasteiger charge is -2.20. The SMILES string of the molecule is CC(C)(C)c1ccc(OCC(=O)Nc2ccc(OCCOc3ccccc3)cc2)c(Br)c1. The number of rotatable bonds is 9. The van der Waals surface area contributed by atoms with Crippen LogP contribution in [-0.2, 0) is 10.2 Å². The first-order valence-corrected chi connectivity index (χ1v) is 11.2. The molecule has 0 radical (unpaired) electrons. The molecule has 0 aromatic heterocycles. The molecular formula is C26H28BrNO4. The average molecular weight is 498 g/mol. The second-order valence-electron chi connectivity index (χ2n) is 8.27. The number of hydrogen-bond donors (Lipinski definition) is 1. The second-order valence-corrected chi connectivity index (χ2v) is 9.12. The predicted molar refractivity (Wildman–Crippen MR) is 131 cm³/mol. The van der Waals surface area contributed by atoms with E-state index >= 15 is 0 Å². The Kier molecular flexibility index (Phi) is 8.17. The Balaban J connectivity index is 1.41. The van der Waals surface area contributed by atoms with Gasteiger partial charge in [0, 0.05) is 5.69 Å². The minimum atomic E-state index is -0.235. The summed E-state index contributed by atoms with van der Waals surface area (Å²) in [4.78, 5) is 12.3. The lowest BCUT2D eigenvalue weighted by atomic mass is 9.87. The molecular weight excluding hydrogens is 470 g/mol. The van der Waals surface area contributed by atoms with Crippen molar-refractivity contribution in [1.29, 1.82) is 0 Å². The number of carbonyl (C=O) groups excluding carboxylic acids is 1. The van der Waals surface area contributed by atoms with Crippen LogP contribution in [0.2, 0.25) is 0 Å². The van der Waals surface area contributed by atoms with Gasteiger partial charge in [0.15, 0.2) is 6.61 Å². The average Bonchev–Trinajstić information content (AvgIpc) is 2.77. The third-order valence-corrected chi connectivity index (χ3v) is 5.28. The number of nitrogens with one attached hydrogen (secondary N) is 1. The summed E-state index contributed by atoms with van der Waals surface area (Å²) >= 11 is 3.52. The number of carbonyl (C=O) groups is 1. The summed E-state index contributed by atoms with van der Waals surface area (Å²) in [7, 11) is 0. The number of halogens is 1. The van der Waals surface area contributed by atoms with E-state index < -0.39 is 0 Å². The van der Waals surface area contributed by atoms with Crippen molar-refractivity contribution in [3.8, 4) is 17.2 Å². The number of ether oxygens (including phenoxy) is 3. The summed E-state index contributed by atoms with van der Waals surface area (Å²) in [6.45, 7) is 7.25. The van der Waals surface area contributed by atoms with E-state index in [4.69, 9.17) is 14.2 Å².